The Labute approximate surface area is 166 Å². The van der Waals surface area contributed by atoms with Crippen molar-refractivity contribution in [2.45, 2.75) is 49.5 Å². The highest BCUT2D eigenvalue weighted by Crippen LogP contribution is 2.27. The van der Waals surface area contributed by atoms with Gasteiger partial charge in [-0.15, -0.1) is 11.8 Å². The van der Waals surface area contributed by atoms with Crippen LogP contribution in [-0.4, -0.2) is 42.2 Å². The first-order valence-electron chi connectivity index (χ1n) is 10.4. The fourth-order valence-electron chi connectivity index (χ4n) is 4.49. The number of hydrogen-bond donors (Lipinski definition) is 1. The lowest BCUT2D eigenvalue weighted by Gasteiger charge is -2.33. The summed E-state index contributed by atoms with van der Waals surface area (Å²) in [6, 6.07) is 15.1. The lowest BCUT2D eigenvalue weighted by atomic mass is 10.0. The van der Waals surface area contributed by atoms with Crippen molar-refractivity contribution in [2.75, 3.05) is 25.4 Å². The predicted octanol–water partition coefficient (Wildman–Crippen LogP) is 4.70. The van der Waals surface area contributed by atoms with Crippen LogP contribution in [0.4, 0.5) is 0 Å². The third-order valence-corrected chi connectivity index (χ3v) is 7.03. The Morgan fingerprint density at radius 2 is 1.74 bits per heavy atom. The van der Waals surface area contributed by atoms with E-state index in [0.717, 1.165) is 36.7 Å². The zero-order valence-electron chi connectivity index (χ0n) is 16.0. The van der Waals surface area contributed by atoms with Crippen molar-refractivity contribution in [2.24, 2.45) is 5.92 Å². The fourth-order valence-corrected chi connectivity index (χ4v) is 5.25. The molecular weight excluding hydrogens is 352 g/mol. The smallest absolute Gasteiger partial charge is 0.230 e. The van der Waals surface area contributed by atoms with Crippen molar-refractivity contribution >= 4 is 28.4 Å². The van der Waals surface area contributed by atoms with Gasteiger partial charge in [-0.3, -0.25) is 4.79 Å². The van der Waals surface area contributed by atoms with Gasteiger partial charge in [0.05, 0.1) is 5.75 Å². The monoisotopic (exact) mass is 382 g/mol. The Morgan fingerprint density at radius 1 is 1.00 bits per heavy atom. The van der Waals surface area contributed by atoms with Crippen LogP contribution in [0.1, 0.15) is 38.5 Å². The predicted molar refractivity (Wildman–Crippen MR) is 114 cm³/mol. The van der Waals surface area contributed by atoms with E-state index in [-0.39, 0.29) is 5.91 Å². The summed E-state index contributed by atoms with van der Waals surface area (Å²) >= 11 is 1.63. The number of likely N-dealkylation sites (tertiary alicyclic amines) is 1. The number of piperidine rings is 1. The van der Waals surface area contributed by atoms with Crippen LogP contribution in [0.3, 0.4) is 0 Å². The van der Waals surface area contributed by atoms with Crippen molar-refractivity contribution in [1.29, 1.82) is 0 Å². The van der Waals surface area contributed by atoms with Crippen LogP contribution in [0.15, 0.2) is 47.4 Å². The largest absolute Gasteiger partial charge is 0.353 e. The zero-order valence-corrected chi connectivity index (χ0v) is 16.8. The van der Waals surface area contributed by atoms with Gasteiger partial charge in [-0.25, -0.2) is 0 Å². The van der Waals surface area contributed by atoms with Crippen molar-refractivity contribution in [3.8, 4) is 0 Å². The molecular formula is C23H30N2OS. The molecule has 0 aromatic heterocycles. The minimum absolute atomic E-state index is 0.169. The zero-order chi connectivity index (χ0) is 18.5. The molecule has 0 bridgehead atoms. The topological polar surface area (TPSA) is 32.3 Å². The normalized spacial score (nSPS) is 19.6. The number of benzene rings is 2. The molecule has 1 aliphatic carbocycles. The number of thioether (sulfide) groups is 1. The third-order valence-electron chi connectivity index (χ3n) is 6.03. The van der Waals surface area contributed by atoms with E-state index >= 15 is 0 Å². The molecule has 1 saturated heterocycles. The molecule has 4 rings (SSSR count). The molecule has 2 aromatic carbocycles. The maximum absolute atomic E-state index is 12.4. The van der Waals surface area contributed by atoms with Gasteiger partial charge in [-0.2, -0.15) is 0 Å². The van der Waals surface area contributed by atoms with Crippen LogP contribution in [0, 0.1) is 5.92 Å². The highest BCUT2D eigenvalue weighted by Gasteiger charge is 2.24. The van der Waals surface area contributed by atoms with Crippen molar-refractivity contribution in [1.82, 2.24) is 10.2 Å². The molecule has 0 radical (unpaired) electrons. The standard InChI is InChI=1S/C23H30N2OS/c26-23(17-27-22-10-9-19-7-3-4-8-20(19)15-22)24-21-11-13-25(14-12-21)16-18-5-1-2-6-18/h3-4,7-10,15,18,21H,1-2,5-6,11-14,16-17H2,(H,24,26). The first-order valence-corrected chi connectivity index (χ1v) is 11.4. The van der Waals surface area contributed by atoms with Crippen LogP contribution in [-0.2, 0) is 4.79 Å². The molecule has 2 aliphatic rings. The number of carbonyl (C=O) groups is 1. The maximum Gasteiger partial charge on any atom is 0.230 e. The van der Waals surface area contributed by atoms with Crippen LogP contribution in [0.5, 0.6) is 0 Å². The first kappa shape index (κ1) is 18.8. The number of rotatable bonds is 6. The molecule has 144 valence electrons. The second kappa shape index (κ2) is 9.11. The van der Waals surface area contributed by atoms with Gasteiger partial charge in [-0.1, -0.05) is 43.2 Å². The average molecular weight is 383 g/mol. The summed E-state index contributed by atoms with van der Waals surface area (Å²) in [6.07, 6.45) is 7.88. The van der Waals surface area contributed by atoms with Crippen molar-refractivity contribution in [3.63, 3.8) is 0 Å². The summed E-state index contributed by atoms with van der Waals surface area (Å²) in [4.78, 5) is 16.1. The van der Waals surface area contributed by atoms with Gasteiger partial charge in [0.15, 0.2) is 0 Å². The third kappa shape index (κ3) is 5.26. The van der Waals surface area contributed by atoms with E-state index in [4.69, 9.17) is 0 Å². The quantitative estimate of drug-likeness (QED) is 0.735. The van der Waals surface area contributed by atoms with E-state index in [1.54, 1.807) is 11.8 Å². The molecule has 1 heterocycles. The molecule has 0 atom stereocenters. The molecule has 4 heteroatoms. The number of fused-ring (bicyclic) bond motifs is 1. The second-order valence-corrected chi connectivity index (χ2v) is 9.14. The van der Waals surface area contributed by atoms with Crippen molar-refractivity contribution in [3.05, 3.63) is 42.5 Å². The van der Waals surface area contributed by atoms with Gasteiger partial charge in [0.25, 0.3) is 0 Å². The number of carbonyl (C=O) groups excluding carboxylic acids is 1. The molecule has 0 spiro atoms. The summed E-state index contributed by atoms with van der Waals surface area (Å²) < 4.78 is 0. The number of amides is 1. The van der Waals surface area contributed by atoms with E-state index in [1.807, 2.05) is 0 Å². The van der Waals surface area contributed by atoms with Crippen LogP contribution < -0.4 is 5.32 Å². The van der Waals surface area contributed by atoms with Gasteiger partial charge in [0.2, 0.25) is 5.91 Å². The van der Waals surface area contributed by atoms with E-state index in [9.17, 15) is 4.79 Å². The lowest BCUT2D eigenvalue weighted by molar-refractivity contribution is -0.119. The SMILES string of the molecule is O=C(CSc1ccc2ccccc2c1)NC1CCN(CC2CCCC2)CC1. The summed E-state index contributed by atoms with van der Waals surface area (Å²) in [6.45, 7) is 3.55. The summed E-state index contributed by atoms with van der Waals surface area (Å²) in [5, 5.41) is 5.73. The van der Waals surface area contributed by atoms with Crippen LogP contribution in [0.25, 0.3) is 10.8 Å². The fraction of sp³-hybridized carbons (Fsp3) is 0.522. The lowest BCUT2D eigenvalue weighted by Crippen LogP contribution is -2.46. The maximum atomic E-state index is 12.4. The molecule has 1 aliphatic heterocycles. The van der Waals surface area contributed by atoms with Crippen LogP contribution >= 0.6 is 11.8 Å². The summed E-state index contributed by atoms with van der Waals surface area (Å²) in [5.41, 5.74) is 0. The highest BCUT2D eigenvalue weighted by atomic mass is 32.2. The molecule has 2 aromatic rings. The van der Waals surface area contributed by atoms with E-state index < -0.39 is 0 Å². The minimum Gasteiger partial charge on any atom is -0.353 e. The van der Waals surface area contributed by atoms with Gasteiger partial charge in [0.1, 0.15) is 0 Å². The molecule has 27 heavy (non-hydrogen) atoms. The molecule has 2 fully saturated rings. The highest BCUT2D eigenvalue weighted by molar-refractivity contribution is 8.00. The number of nitrogens with zero attached hydrogens (tertiary/aromatic N) is 1. The van der Waals surface area contributed by atoms with Crippen LogP contribution in [0.2, 0.25) is 0 Å². The van der Waals surface area contributed by atoms with Gasteiger partial charge in [-0.05, 0) is 54.5 Å². The molecule has 3 nitrogen and oxygen atoms in total. The Kier molecular flexibility index (Phi) is 6.36. The average Bonchev–Trinajstić information content (AvgIpc) is 3.21. The summed E-state index contributed by atoms with van der Waals surface area (Å²) in [5.74, 6) is 1.59. The van der Waals surface area contributed by atoms with Gasteiger partial charge in [0, 0.05) is 30.6 Å². The minimum atomic E-state index is 0.169. The first-order chi connectivity index (χ1) is 13.3. The molecule has 1 amide bonds. The number of nitrogens with one attached hydrogen (secondary N) is 1. The summed E-state index contributed by atoms with van der Waals surface area (Å²) in [7, 11) is 0. The molecule has 1 saturated carbocycles. The number of hydrogen-bond acceptors (Lipinski definition) is 3. The van der Waals surface area contributed by atoms with E-state index in [1.165, 1.54) is 43.0 Å². The Morgan fingerprint density at radius 3 is 2.52 bits per heavy atom. The van der Waals surface area contributed by atoms with Crippen molar-refractivity contribution < 1.29 is 4.79 Å². The Bertz CT molecular complexity index is 764. The Balaban J connectivity index is 1.19. The Hall–Kier alpha value is -1.52. The van der Waals surface area contributed by atoms with E-state index in [0.29, 0.717) is 11.8 Å². The van der Waals surface area contributed by atoms with Gasteiger partial charge < -0.3 is 10.2 Å². The second-order valence-electron chi connectivity index (χ2n) is 8.09. The van der Waals surface area contributed by atoms with Gasteiger partial charge >= 0.3 is 0 Å². The molecule has 1 N–H and O–H groups in total. The van der Waals surface area contributed by atoms with E-state index in [2.05, 4.69) is 52.7 Å². The molecule has 0 unspecified atom stereocenters.